The van der Waals surface area contributed by atoms with Crippen LogP contribution in [-0.4, -0.2) is 15.0 Å². The van der Waals surface area contributed by atoms with E-state index in [0.29, 0.717) is 23.0 Å². The maximum absolute atomic E-state index is 10.1. The lowest BCUT2D eigenvalue weighted by Gasteiger charge is -2.38. The summed E-state index contributed by atoms with van der Waals surface area (Å²) in [6.07, 6.45) is 6.78. The topological polar surface area (TPSA) is 62.5 Å². The maximum Gasteiger partial charge on any atom is 0.164 e. The molecule has 1 heterocycles. The molecular weight excluding hydrogens is 729 g/mol. The zero-order valence-electron chi connectivity index (χ0n) is 33.7. The smallest absolute Gasteiger partial charge is 0.164 e. The lowest BCUT2D eigenvalue weighted by Crippen LogP contribution is -2.30. The van der Waals surface area contributed by atoms with Crippen LogP contribution in [0.3, 0.4) is 0 Å². The quantitative estimate of drug-likeness (QED) is 0.162. The summed E-state index contributed by atoms with van der Waals surface area (Å²) in [5.41, 5.74) is 13.8. The molecule has 2 bridgehead atoms. The van der Waals surface area contributed by atoms with Gasteiger partial charge in [0.25, 0.3) is 0 Å². The maximum atomic E-state index is 10.1. The summed E-state index contributed by atoms with van der Waals surface area (Å²) in [4.78, 5) is 15.2. The van der Waals surface area contributed by atoms with Crippen LogP contribution in [0.4, 0.5) is 0 Å². The fourth-order valence-corrected chi connectivity index (χ4v) is 11.1. The molecule has 2 saturated carbocycles. The third kappa shape index (κ3) is 5.99. The predicted octanol–water partition coefficient (Wildman–Crippen LogP) is 13.2. The molecular formula is C56H44N4. The first-order valence-corrected chi connectivity index (χ1v) is 21.3. The van der Waals surface area contributed by atoms with Crippen molar-refractivity contribution in [1.82, 2.24) is 15.0 Å². The third-order valence-electron chi connectivity index (χ3n) is 13.8. The molecule has 3 aliphatic rings. The molecule has 0 N–H and O–H groups in total. The first-order valence-electron chi connectivity index (χ1n) is 21.3. The second-order valence-electron chi connectivity index (χ2n) is 17.5. The number of hydrogen-bond donors (Lipinski definition) is 0. The van der Waals surface area contributed by atoms with Gasteiger partial charge in [-0.05, 0) is 105 Å². The number of rotatable bonds is 7. The van der Waals surface area contributed by atoms with Crippen molar-refractivity contribution >= 4 is 0 Å². The van der Waals surface area contributed by atoms with Gasteiger partial charge in [-0.15, -0.1) is 0 Å². The van der Waals surface area contributed by atoms with Gasteiger partial charge in [0.1, 0.15) is 0 Å². The number of benzene rings is 7. The zero-order valence-corrected chi connectivity index (χ0v) is 33.7. The first kappa shape index (κ1) is 36.1. The Morgan fingerprint density at radius 3 is 1.47 bits per heavy atom. The van der Waals surface area contributed by atoms with Crippen molar-refractivity contribution in [1.29, 1.82) is 5.26 Å². The SMILES string of the molecule is CC1(c2ccc(-c3nc(-c4ccccc4)nc(-c4ccc(-c5ccc6c(c5)C(c5ccccc5)(c5ccccc5)c5cc(C#N)ccc5-6)cc4)n3)cc2)C[C@@H]2CC[C@@H](C2)C1. The van der Waals surface area contributed by atoms with E-state index in [1.807, 2.05) is 24.3 Å². The average molecular weight is 773 g/mol. The van der Waals surface area contributed by atoms with Crippen LogP contribution in [0, 0.1) is 23.2 Å². The summed E-state index contributed by atoms with van der Waals surface area (Å²) in [6, 6.07) is 64.7. The summed E-state index contributed by atoms with van der Waals surface area (Å²) in [5.74, 6) is 3.73. The summed E-state index contributed by atoms with van der Waals surface area (Å²) >= 11 is 0. The lowest BCUT2D eigenvalue weighted by molar-refractivity contribution is 0.232. The van der Waals surface area contributed by atoms with E-state index in [0.717, 1.165) is 50.8 Å². The van der Waals surface area contributed by atoms with E-state index in [1.54, 1.807) is 0 Å². The van der Waals surface area contributed by atoms with Crippen molar-refractivity contribution in [3.63, 3.8) is 0 Å². The Morgan fingerprint density at radius 2 is 0.917 bits per heavy atom. The molecule has 0 saturated heterocycles. The van der Waals surface area contributed by atoms with Gasteiger partial charge in [-0.2, -0.15) is 5.26 Å². The van der Waals surface area contributed by atoms with Crippen molar-refractivity contribution in [2.75, 3.05) is 0 Å². The van der Waals surface area contributed by atoms with E-state index in [-0.39, 0.29) is 5.41 Å². The molecule has 3 atom stereocenters. The fourth-order valence-electron chi connectivity index (χ4n) is 11.1. The van der Waals surface area contributed by atoms with E-state index in [9.17, 15) is 5.26 Å². The molecule has 0 amide bonds. The summed E-state index contributed by atoms with van der Waals surface area (Å²) in [5, 5.41) is 10.1. The Hall–Kier alpha value is -6.96. The Bertz CT molecular complexity index is 2860. The van der Waals surface area contributed by atoms with Crippen LogP contribution in [0.5, 0.6) is 0 Å². The molecule has 0 radical (unpaired) electrons. The molecule has 7 aromatic carbocycles. The molecule has 2 fully saturated rings. The molecule has 3 aliphatic carbocycles. The van der Waals surface area contributed by atoms with E-state index < -0.39 is 5.41 Å². The molecule has 8 aromatic rings. The van der Waals surface area contributed by atoms with E-state index in [2.05, 4.69) is 165 Å². The van der Waals surface area contributed by atoms with Crippen LogP contribution in [0.15, 0.2) is 176 Å². The number of hydrogen-bond acceptors (Lipinski definition) is 4. The van der Waals surface area contributed by atoms with E-state index >= 15 is 0 Å². The summed E-state index contributed by atoms with van der Waals surface area (Å²) in [7, 11) is 0. The second-order valence-corrected chi connectivity index (χ2v) is 17.5. The zero-order chi connectivity index (χ0) is 40.3. The van der Waals surface area contributed by atoms with Crippen LogP contribution in [0.25, 0.3) is 56.4 Å². The van der Waals surface area contributed by atoms with Crippen molar-refractivity contribution in [2.45, 2.75) is 49.9 Å². The minimum Gasteiger partial charge on any atom is -0.208 e. The fraction of sp³-hybridized carbons (Fsp3) is 0.179. The highest BCUT2D eigenvalue weighted by atomic mass is 15.0. The molecule has 11 rings (SSSR count). The summed E-state index contributed by atoms with van der Waals surface area (Å²) < 4.78 is 0. The molecule has 1 aromatic heterocycles. The largest absolute Gasteiger partial charge is 0.208 e. The molecule has 60 heavy (non-hydrogen) atoms. The molecule has 0 spiro atoms. The van der Waals surface area contributed by atoms with Gasteiger partial charge >= 0.3 is 0 Å². The Morgan fingerprint density at radius 1 is 0.467 bits per heavy atom. The van der Waals surface area contributed by atoms with Gasteiger partial charge in [0.15, 0.2) is 17.5 Å². The van der Waals surface area contributed by atoms with E-state index in [4.69, 9.17) is 15.0 Å². The van der Waals surface area contributed by atoms with Crippen molar-refractivity contribution in [3.8, 4) is 62.5 Å². The molecule has 4 heteroatoms. The van der Waals surface area contributed by atoms with Gasteiger partial charge in [0.2, 0.25) is 0 Å². The molecule has 288 valence electrons. The first-order chi connectivity index (χ1) is 29.5. The molecule has 4 nitrogen and oxygen atoms in total. The van der Waals surface area contributed by atoms with Crippen molar-refractivity contribution in [2.24, 2.45) is 11.8 Å². The highest BCUT2D eigenvalue weighted by Gasteiger charge is 2.46. The monoisotopic (exact) mass is 772 g/mol. The lowest BCUT2D eigenvalue weighted by atomic mass is 9.66. The number of nitriles is 1. The average Bonchev–Trinajstić information content (AvgIpc) is 3.82. The van der Waals surface area contributed by atoms with Gasteiger partial charge in [0.05, 0.1) is 17.0 Å². The van der Waals surface area contributed by atoms with Crippen LogP contribution in [0.1, 0.15) is 72.4 Å². The Kier molecular flexibility index (Phi) is 8.67. The molecule has 0 aliphatic heterocycles. The van der Waals surface area contributed by atoms with Gasteiger partial charge in [0, 0.05) is 16.7 Å². The van der Waals surface area contributed by atoms with Gasteiger partial charge in [-0.25, -0.2) is 15.0 Å². The van der Waals surface area contributed by atoms with E-state index in [1.165, 1.54) is 59.9 Å². The van der Waals surface area contributed by atoms with Gasteiger partial charge in [-0.1, -0.05) is 177 Å². The highest BCUT2D eigenvalue weighted by molar-refractivity contribution is 5.89. The standard InChI is InChI=1S/C56H44N4/c1-55(34-37-17-18-38(31-37)35-55)45-27-24-43(25-28-45)54-59-52(41-11-5-2-6-12-41)58-53(60-54)42-22-20-40(21-23-42)44-26-30-49-48-29-19-39(36-57)32-50(48)56(51(49)33-44,46-13-7-3-8-14-46)47-15-9-4-10-16-47/h2-16,19-30,32-33,37-38H,17-18,31,34-35H2,1H3/t37-,38+,55?. The van der Waals surface area contributed by atoms with Crippen LogP contribution in [-0.2, 0) is 10.8 Å². The minimum absolute atomic E-state index is 0.234. The Labute approximate surface area is 352 Å². The number of fused-ring (bicyclic) bond motifs is 5. The van der Waals surface area contributed by atoms with Crippen LogP contribution in [0.2, 0.25) is 0 Å². The summed E-state index contributed by atoms with van der Waals surface area (Å²) in [6.45, 7) is 2.47. The predicted molar refractivity (Wildman–Crippen MR) is 241 cm³/mol. The molecule has 1 unspecified atom stereocenters. The second kappa shape index (κ2) is 14.4. The number of aromatic nitrogens is 3. The van der Waals surface area contributed by atoms with Crippen LogP contribution < -0.4 is 0 Å². The minimum atomic E-state index is -0.600. The highest BCUT2D eigenvalue weighted by Crippen LogP contribution is 2.57. The number of nitrogens with zero attached hydrogens (tertiary/aromatic N) is 4. The third-order valence-corrected chi connectivity index (χ3v) is 13.8. The van der Waals surface area contributed by atoms with Crippen LogP contribution >= 0.6 is 0 Å². The van der Waals surface area contributed by atoms with Gasteiger partial charge in [-0.3, -0.25) is 0 Å². The van der Waals surface area contributed by atoms with Gasteiger partial charge < -0.3 is 0 Å². The van der Waals surface area contributed by atoms with Crippen molar-refractivity contribution in [3.05, 3.63) is 209 Å². The van der Waals surface area contributed by atoms with Crippen molar-refractivity contribution < 1.29 is 0 Å². The normalized spacial score (nSPS) is 19.6. The Balaban J connectivity index is 0.984.